The molecule has 9 heteroatoms. The Morgan fingerprint density at radius 3 is 2.40 bits per heavy atom. The van der Waals surface area contributed by atoms with Crippen molar-refractivity contribution < 1.29 is 27.7 Å². The van der Waals surface area contributed by atoms with Crippen LogP contribution in [0.25, 0.3) is 0 Å². The Kier molecular flexibility index (Phi) is 3.39. The van der Waals surface area contributed by atoms with Crippen LogP contribution in [0, 0.1) is 5.82 Å². The second-order valence-corrected chi connectivity index (χ2v) is 7.46. The topological polar surface area (TPSA) is 94.9 Å². The molecule has 0 atom stereocenters. The van der Waals surface area contributed by atoms with Gasteiger partial charge in [-0.25, -0.2) is 17.1 Å². The molecular weight excluding hydrogens is 288 g/mol. The predicted molar refractivity (Wildman–Crippen MR) is 69.8 cm³/mol. The van der Waals surface area contributed by atoms with Crippen LogP contribution in [0.15, 0.2) is 18.2 Å². The highest BCUT2D eigenvalue weighted by molar-refractivity contribution is 7.94. The van der Waals surface area contributed by atoms with Gasteiger partial charge in [-0.2, -0.15) is 0 Å². The molecule has 2 rings (SSSR count). The molecule has 1 aromatic rings. The Morgan fingerprint density at radius 1 is 1.35 bits per heavy atom. The summed E-state index contributed by atoms with van der Waals surface area (Å²) in [6.45, 7) is 2.18. The molecule has 1 aliphatic rings. The van der Waals surface area contributed by atoms with Gasteiger partial charge in [-0.15, -0.1) is 0 Å². The van der Waals surface area contributed by atoms with Gasteiger partial charge in [0.15, 0.2) is 4.75 Å². The van der Waals surface area contributed by atoms with Crippen molar-refractivity contribution in [3.63, 3.8) is 0 Å². The van der Waals surface area contributed by atoms with Gasteiger partial charge in [-0.1, -0.05) is 12.1 Å². The fourth-order valence-corrected chi connectivity index (χ4v) is 3.43. The maximum atomic E-state index is 13.7. The highest BCUT2D eigenvalue weighted by Gasteiger charge is 2.60. The lowest BCUT2D eigenvalue weighted by Gasteiger charge is -2.43. The molecule has 0 aromatic heterocycles. The summed E-state index contributed by atoms with van der Waals surface area (Å²) in [4.78, 5) is 11.7. The van der Waals surface area contributed by atoms with Crippen molar-refractivity contribution in [3.8, 4) is 0 Å². The van der Waals surface area contributed by atoms with Gasteiger partial charge in [0.2, 0.25) is 0 Å². The van der Waals surface area contributed by atoms with E-state index in [1.807, 2.05) is 0 Å². The van der Waals surface area contributed by atoms with Crippen LogP contribution < -0.4 is 5.46 Å². The minimum atomic E-state index is -3.77. The molecule has 0 radical (unpaired) electrons. The van der Waals surface area contributed by atoms with Gasteiger partial charge in [-0.3, -0.25) is 4.79 Å². The summed E-state index contributed by atoms with van der Waals surface area (Å²) in [5.74, 6) is -1.40. The summed E-state index contributed by atoms with van der Waals surface area (Å²) < 4.78 is 36.6. The first-order valence-electron chi connectivity index (χ1n) is 5.80. The van der Waals surface area contributed by atoms with Crippen LogP contribution in [-0.4, -0.2) is 40.5 Å². The molecule has 0 bridgehead atoms. The lowest BCUT2D eigenvalue weighted by molar-refractivity contribution is -0.132. The summed E-state index contributed by atoms with van der Waals surface area (Å²) in [7, 11) is -5.59. The van der Waals surface area contributed by atoms with Gasteiger partial charge >= 0.3 is 7.12 Å². The van der Waals surface area contributed by atoms with Crippen LogP contribution in [0.1, 0.15) is 19.4 Å². The molecule has 1 saturated heterocycles. The first-order valence-corrected chi connectivity index (χ1v) is 7.24. The van der Waals surface area contributed by atoms with E-state index in [2.05, 4.69) is 0 Å². The van der Waals surface area contributed by atoms with E-state index in [0.717, 1.165) is 6.07 Å². The number of benzene rings is 1. The van der Waals surface area contributed by atoms with E-state index < -0.39 is 40.2 Å². The van der Waals surface area contributed by atoms with Gasteiger partial charge in [0.05, 0.1) is 6.54 Å². The number of sulfonamides is 1. The summed E-state index contributed by atoms with van der Waals surface area (Å²) >= 11 is 0. The Labute approximate surface area is 116 Å². The van der Waals surface area contributed by atoms with Crippen LogP contribution in [0.5, 0.6) is 0 Å². The third kappa shape index (κ3) is 2.02. The minimum absolute atomic E-state index is 0.0122. The molecule has 1 amide bonds. The van der Waals surface area contributed by atoms with E-state index in [1.54, 1.807) is 0 Å². The van der Waals surface area contributed by atoms with Crippen LogP contribution in [0.3, 0.4) is 0 Å². The van der Waals surface area contributed by atoms with Crippen molar-refractivity contribution >= 4 is 28.5 Å². The van der Waals surface area contributed by atoms with Crippen molar-refractivity contribution in [3.05, 3.63) is 29.6 Å². The van der Waals surface area contributed by atoms with Crippen molar-refractivity contribution in [2.75, 3.05) is 0 Å². The number of nitrogens with zero attached hydrogens (tertiary/aromatic N) is 1. The van der Waals surface area contributed by atoms with E-state index >= 15 is 0 Å². The van der Waals surface area contributed by atoms with Gasteiger partial charge < -0.3 is 10.0 Å². The number of carbonyl (C=O) groups excluding carboxylic acids is 1. The largest absolute Gasteiger partial charge is 0.488 e. The average Bonchev–Trinajstić information content (AvgIpc) is 2.35. The van der Waals surface area contributed by atoms with Gasteiger partial charge in [-0.05, 0) is 25.4 Å². The molecule has 0 saturated carbocycles. The SMILES string of the molecule is CC1(C)C(=O)N(Cc2ccc(B(O)O)cc2F)S1(=O)=O. The van der Waals surface area contributed by atoms with E-state index in [0.29, 0.717) is 4.31 Å². The lowest BCUT2D eigenvalue weighted by Crippen LogP contribution is -2.66. The lowest BCUT2D eigenvalue weighted by atomic mass is 9.80. The molecule has 6 nitrogen and oxygen atoms in total. The molecule has 108 valence electrons. The number of carbonyl (C=O) groups is 1. The first kappa shape index (κ1) is 15.0. The molecule has 20 heavy (non-hydrogen) atoms. The summed E-state index contributed by atoms with van der Waals surface area (Å²) in [6, 6.07) is 3.37. The zero-order valence-electron chi connectivity index (χ0n) is 10.9. The van der Waals surface area contributed by atoms with E-state index in [4.69, 9.17) is 10.0 Å². The molecule has 1 aliphatic heterocycles. The Bertz CT molecular complexity index is 673. The second-order valence-electron chi connectivity index (χ2n) is 5.05. The number of hydrogen-bond acceptors (Lipinski definition) is 5. The predicted octanol–water partition coefficient (Wildman–Crippen LogP) is -1.04. The molecule has 1 fully saturated rings. The highest BCUT2D eigenvalue weighted by Crippen LogP contribution is 2.36. The van der Waals surface area contributed by atoms with Gasteiger partial charge in [0, 0.05) is 5.56 Å². The Balaban J connectivity index is 2.27. The van der Waals surface area contributed by atoms with Crippen LogP contribution in [-0.2, 0) is 21.4 Å². The summed E-state index contributed by atoms with van der Waals surface area (Å²) in [5.41, 5.74) is -0.0637. The molecular formula is C11H13BFNO5S. The maximum Gasteiger partial charge on any atom is 0.488 e. The summed E-state index contributed by atoms with van der Waals surface area (Å²) in [5, 5.41) is 17.8. The van der Waals surface area contributed by atoms with Gasteiger partial charge in [0.1, 0.15) is 5.82 Å². The van der Waals surface area contributed by atoms with Crippen LogP contribution in [0.4, 0.5) is 4.39 Å². The molecule has 1 aromatic carbocycles. The Morgan fingerprint density at radius 2 is 1.95 bits per heavy atom. The van der Waals surface area contributed by atoms with Crippen molar-refractivity contribution in [1.29, 1.82) is 0 Å². The number of halogens is 1. The highest BCUT2D eigenvalue weighted by atomic mass is 32.2. The third-order valence-electron chi connectivity index (χ3n) is 3.37. The van der Waals surface area contributed by atoms with Crippen LogP contribution >= 0.6 is 0 Å². The van der Waals surface area contributed by atoms with Crippen molar-refractivity contribution in [1.82, 2.24) is 4.31 Å². The van der Waals surface area contributed by atoms with E-state index in [9.17, 15) is 17.6 Å². The quantitative estimate of drug-likeness (QED) is 0.695. The molecule has 0 spiro atoms. The molecule has 2 N–H and O–H groups in total. The van der Waals surface area contributed by atoms with Gasteiger partial charge in [0.25, 0.3) is 15.9 Å². The normalized spacial score (nSPS) is 19.6. The zero-order valence-corrected chi connectivity index (χ0v) is 11.7. The average molecular weight is 301 g/mol. The second kappa shape index (κ2) is 4.54. The number of hydrogen-bond donors (Lipinski definition) is 2. The maximum absolute atomic E-state index is 13.7. The standard InChI is InChI=1S/C11H13BFNO5S/c1-11(2)10(15)14(20(11,18)19)6-7-3-4-8(12(16)17)5-9(7)13/h3-5,16-17H,6H2,1-2H3. The summed E-state index contributed by atoms with van der Waals surface area (Å²) in [6.07, 6.45) is 0. The zero-order chi connectivity index (χ0) is 15.3. The minimum Gasteiger partial charge on any atom is -0.423 e. The first-order chi connectivity index (χ1) is 9.09. The monoisotopic (exact) mass is 301 g/mol. The van der Waals surface area contributed by atoms with E-state index in [-0.39, 0.29) is 11.0 Å². The van der Waals surface area contributed by atoms with Crippen molar-refractivity contribution in [2.45, 2.75) is 25.1 Å². The number of amides is 1. The number of rotatable bonds is 3. The molecule has 0 aliphatic carbocycles. The fourth-order valence-electron chi connectivity index (χ4n) is 1.92. The third-order valence-corrected chi connectivity index (χ3v) is 5.71. The van der Waals surface area contributed by atoms with Crippen molar-refractivity contribution in [2.24, 2.45) is 0 Å². The Hall–Kier alpha value is -1.45. The smallest absolute Gasteiger partial charge is 0.423 e. The molecule has 0 unspecified atom stereocenters. The van der Waals surface area contributed by atoms with E-state index in [1.165, 1.54) is 26.0 Å². The fraction of sp³-hybridized carbons (Fsp3) is 0.364. The molecule has 1 heterocycles. The van der Waals surface area contributed by atoms with Crippen LogP contribution in [0.2, 0.25) is 0 Å².